The van der Waals surface area contributed by atoms with Gasteiger partial charge in [0.1, 0.15) is 5.75 Å². The number of ether oxygens (including phenoxy) is 1. The van der Waals surface area contributed by atoms with Gasteiger partial charge in [-0.3, -0.25) is 4.79 Å². The van der Waals surface area contributed by atoms with Crippen molar-refractivity contribution in [3.63, 3.8) is 0 Å². The van der Waals surface area contributed by atoms with E-state index in [4.69, 9.17) is 4.74 Å². The first-order valence-electron chi connectivity index (χ1n) is 4.24. The van der Waals surface area contributed by atoms with E-state index < -0.39 is 0 Å². The Balaban J connectivity index is 2.66. The molecule has 0 radical (unpaired) electrons. The summed E-state index contributed by atoms with van der Waals surface area (Å²) in [6, 6.07) is 6.76. The number of hydrogen-bond donors (Lipinski definition) is 0. The molecule has 0 N–H and O–H groups in total. The fraction of sp³-hybridized carbons (Fsp3) is 0.300. The van der Waals surface area contributed by atoms with Crippen molar-refractivity contribution < 1.29 is 9.53 Å². The van der Waals surface area contributed by atoms with Crippen LogP contribution in [0, 0.1) is 4.91 Å². The zero-order chi connectivity index (χ0) is 10.4. The van der Waals surface area contributed by atoms with Crippen LogP contribution in [0.4, 0.5) is 0 Å². The van der Waals surface area contributed by atoms with Gasteiger partial charge in [0, 0.05) is 12.0 Å². The SMILES string of the molecule is COc1ccc(C(=O)CCN=O)cc1. The molecule has 1 aromatic carbocycles. The molecule has 74 valence electrons. The average molecular weight is 193 g/mol. The number of carbonyl (C=O) groups excluding carboxylic acids is 1. The lowest BCUT2D eigenvalue weighted by molar-refractivity contribution is 0.0985. The monoisotopic (exact) mass is 193 g/mol. The first-order chi connectivity index (χ1) is 6.77. The van der Waals surface area contributed by atoms with E-state index in [0.29, 0.717) is 11.3 Å². The maximum Gasteiger partial charge on any atom is 0.164 e. The molecule has 0 heterocycles. The van der Waals surface area contributed by atoms with Gasteiger partial charge in [0.25, 0.3) is 0 Å². The molecule has 0 bridgehead atoms. The summed E-state index contributed by atoms with van der Waals surface area (Å²) >= 11 is 0. The van der Waals surface area contributed by atoms with Crippen LogP contribution in [0.5, 0.6) is 5.75 Å². The predicted octanol–water partition coefficient (Wildman–Crippen LogP) is 2.03. The molecule has 0 aliphatic heterocycles. The molecule has 0 amide bonds. The number of nitroso groups, excluding NO2 is 1. The molecule has 0 unspecified atom stereocenters. The van der Waals surface area contributed by atoms with Crippen LogP contribution in [0.15, 0.2) is 29.4 Å². The number of Topliss-reactive ketones (excluding diaryl/α,β-unsaturated/α-hetero) is 1. The molecule has 1 rings (SSSR count). The lowest BCUT2D eigenvalue weighted by Gasteiger charge is -2.00. The Morgan fingerprint density at radius 3 is 2.50 bits per heavy atom. The molecule has 0 aromatic heterocycles. The van der Waals surface area contributed by atoms with E-state index in [0.717, 1.165) is 0 Å². The molecule has 4 heteroatoms. The van der Waals surface area contributed by atoms with Gasteiger partial charge in [-0.05, 0) is 24.3 Å². The van der Waals surface area contributed by atoms with Crippen LogP contribution >= 0.6 is 0 Å². The first kappa shape index (κ1) is 10.4. The van der Waals surface area contributed by atoms with Gasteiger partial charge in [-0.2, -0.15) is 4.91 Å². The van der Waals surface area contributed by atoms with E-state index in [2.05, 4.69) is 5.18 Å². The van der Waals surface area contributed by atoms with Gasteiger partial charge in [0.2, 0.25) is 0 Å². The topological polar surface area (TPSA) is 55.7 Å². The molecule has 1 aromatic rings. The largest absolute Gasteiger partial charge is 0.497 e. The van der Waals surface area contributed by atoms with Crippen molar-refractivity contribution in [1.29, 1.82) is 0 Å². The quantitative estimate of drug-likeness (QED) is 0.531. The molecular formula is C10H11NO3. The third kappa shape index (κ3) is 2.65. The van der Waals surface area contributed by atoms with Crippen LogP contribution < -0.4 is 4.74 Å². The normalized spacial score (nSPS) is 9.50. The second-order valence-corrected chi connectivity index (χ2v) is 2.75. The zero-order valence-electron chi connectivity index (χ0n) is 7.90. The highest BCUT2D eigenvalue weighted by Crippen LogP contribution is 2.12. The Kier molecular flexibility index (Phi) is 3.79. The lowest BCUT2D eigenvalue weighted by atomic mass is 10.1. The molecule has 0 aliphatic carbocycles. The number of benzene rings is 1. The minimum Gasteiger partial charge on any atom is -0.497 e. The van der Waals surface area contributed by atoms with Gasteiger partial charge in [-0.25, -0.2) is 0 Å². The molecule has 0 saturated carbocycles. The Hall–Kier alpha value is -1.71. The fourth-order valence-electron chi connectivity index (χ4n) is 1.07. The number of ketones is 1. The number of hydrogen-bond acceptors (Lipinski definition) is 4. The maximum absolute atomic E-state index is 11.4. The van der Waals surface area contributed by atoms with Crippen LogP contribution in [0.25, 0.3) is 0 Å². The number of nitrogens with zero attached hydrogens (tertiary/aromatic N) is 1. The molecule has 0 fully saturated rings. The predicted molar refractivity (Wildman–Crippen MR) is 52.6 cm³/mol. The smallest absolute Gasteiger partial charge is 0.164 e. The third-order valence-corrected chi connectivity index (χ3v) is 1.84. The Labute approximate surface area is 81.9 Å². The van der Waals surface area contributed by atoms with Crippen molar-refractivity contribution in [3.05, 3.63) is 34.7 Å². The van der Waals surface area contributed by atoms with Crippen molar-refractivity contribution in [3.8, 4) is 5.75 Å². The summed E-state index contributed by atoms with van der Waals surface area (Å²) < 4.78 is 4.95. The standard InChI is InChI=1S/C10H11NO3/c1-14-9-4-2-8(3-5-9)10(12)6-7-11-13/h2-5H,6-7H2,1H3. The van der Waals surface area contributed by atoms with E-state index in [1.807, 2.05) is 0 Å². The van der Waals surface area contributed by atoms with Crippen molar-refractivity contribution >= 4 is 5.78 Å². The molecule has 4 nitrogen and oxygen atoms in total. The molecule has 0 spiro atoms. The minimum atomic E-state index is -0.0766. The van der Waals surface area contributed by atoms with Crippen LogP contribution in [0.3, 0.4) is 0 Å². The van der Waals surface area contributed by atoms with Gasteiger partial charge in [-0.15, -0.1) is 0 Å². The number of carbonyl (C=O) groups is 1. The van der Waals surface area contributed by atoms with Gasteiger partial charge >= 0.3 is 0 Å². The Bertz CT molecular complexity index is 319. The summed E-state index contributed by atoms with van der Waals surface area (Å²) in [7, 11) is 1.56. The fourth-order valence-corrected chi connectivity index (χ4v) is 1.07. The number of methoxy groups -OCH3 is 1. The summed E-state index contributed by atoms with van der Waals surface area (Å²) in [4.78, 5) is 21.2. The summed E-state index contributed by atoms with van der Waals surface area (Å²) in [5.41, 5.74) is 0.578. The van der Waals surface area contributed by atoms with Crippen molar-refractivity contribution in [1.82, 2.24) is 0 Å². The second-order valence-electron chi connectivity index (χ2n) is 2.75. The summed E-state index contributed by atoms with van der Waals surface area (Å²) in [6.45, 7) is 0.0326. The third-order valence-electron chi connectivity index (χ3n) is 1.84. The van der Waals surface area contributed by atoms with Gasteiger partial charge in [0.15, 0.2) is 5.78 Å². The molecule has 0 aliphatic rings. The van der Waals surface area contributed by atoms with E-state index in [9.17, 15) is 9.70 Å². The second kappa shape index (κ2) is 5.11. The van der Waals surface area contributed by atoms with Gasteiger partial charge in [-0.1, -0.05) is 5.18 Å². The highest BCUT2D eigenvalue weighted by molar-refractivity contribution is 5.96. The highest BCUT2D eigenvalue weighted by Gasteiger charge is 2.04. The van der Waals surface area contributed by atoms with Crippen molar-refractivity contribution in [2.75, 3.05) is 13.7 Å². The van der Waals surface area contributed by atoms with Crippen LogP contribution in [-0.4, -0.2) is 19.4 Å². The summed E-state index contributed by atoms with van der Waals surface area (Å²) in [5.74, 6) is 0.627. The van der Waals surface area contributed by atoms with E-state index in [1.54, 1.807) is 31.4 Å². The van der Waals surface area contributed by atoms with E-state index >= 15 is 0 Å². The molecule has 0 atom stereocenters. The maximum atomic E-state index is 11.4. The van der Waals surface area contributed by atoms with Gasteiger partial charge < -0.3 is 4.74 Å². The molecule has 14 heavy (non-hydrogen) atoms. The summed E-state index contributed by atoms with van der Waals surface area (Å²) in [6.07, 6.45) is 0.163. The van der Waals surface area contributed by atoms with Gasteiger partial charge in [0.05, 0.1) is 13.7 Å². The molecular weight excluding hydrogens is 182 g/mol. The zero-order valence-corrected chi connectivity index (χ0v) is 7.90. The average Bonchev–Trinajstić information content (AvgIpc) is 2.26. The number of rotatable bonds is 5. The van der Waals surface area contributed by atoms with E-state index in [1.165, 1.54) is 0 Å². The van der Waals surface area contributed by atoms with Crippen molar-refractivity contribution in [2.45, 2.75) is 6.42 Å². The van der Waals surface area contributed by atoms with Crippen LogP contribution in [-0.2, 0) is 0 Å². The van der Waals surface area contributed by atoms with Crippen LogP contribution in [0.1, 0.15) is 16.8 Å². The minimum absolute atomic E-state index is 0.0326. The highest BCUT2D eigenvalue weighted by atomic mass is 16.5. The van der Waals surface area contributed by atoms with E-state index in [-0.39, 0.29) is 18.7 Å². The Morgan fingerprint density at radius 2 is 2.00 bits per heavy atom. The lowest BCUT2D eigenvalue weighted by Crippen LogP contribution is -2.00. The molecule has 0 saturated heterocycles. The first-order valence-corrected chi connectivity index (χ1v) is 4.24. The Morgan fingerprint density at radius 1 is 1.36 bits per heavy atom. The van der Waals surface area contributed by atoms with Crippen LogP contribution in [0.2, 0.25) is 0 Å². The van der Waals surface area contributed by atoms with Crippen molar-refractivity contribution in [2.24, 2.45) is 5.18 Å². The summed E-state index contributed by atoms with van der Waals surface area (Å²) in [5, 5.41) is 2.64.